The summed E-state index contributed by atoms with van der Waals surface area (Å²) >= 11 is 0. The van der Waals surface area contributed by atoms with Crippen molar-refractivity contribution in [2.75, 3.05) is 6.54 Å². The SMILES string of the molecule is CC1=CC(=O)N(CC(C)(C)CC(C)(C)C(N)=O)C1=O. The number of nitrogens with two attached hydrogens (primary N) is 1. The Morgan fingerprint density at radius 1 is 1.26 bits per heavy atom. The molecular formula is C14H22N2O3. The van der Waals surface area contributed by atoms with E-state index >= 15 is 0 Å². The third-order valence-electron chi connectivity index (χ3n) is 3.36. The zero-order chi connectivity index (χ0) is 15.0. The van der Waals surface area contributed by atoms with Crippen LogP contribution in [0.15, 0.2) is 11.6 Å². The zero-order valence-electron chi connectivity index (χ0n) is 12.2. The van der Waals surface area contributed by atoms with E-state index in [2.05, 4.69) is 0 Å². The Bertz CT molecular complexity index is 461. The molecule has 0 aromatic carbocycles. The molecule has 0 atom stereocenters. The smallest absolute Gasteiger partial charge is 0.256 e. The van der Waals surface area contributed by atoms with Gasteiger partial charge in [-0.05, 0) is 18.8 Å². The minimum absolute atomic E-state index is 0.255. The fourth-order valence-electron chi connectivity index (χ4n) is 2.55. The predicted molar refractivity (Wildman–Crippen MR) is 71.9 cm³/mol. The first-order chi connectivity index (χ1) is 8.46. The van der Waals surface area contributed by atoms with Crippen molar-refractivity contribution >= 4 is 17.7 Å². The summed E-state index contributed by atoms with van der Waals surface area (Å²) in [5.41, 5.74) is 4.78. The number of amides is 3. The van der Waals surface area contributed by atoms with Gasteiger partial charge >= 0.3 is 0 Å². The Balaban J connectivity index is 2.79. The number of hydrogen-bond donors (Lipinski definition) is 1. The zero-order valence-corrected chi connectivity index (χ0v) is 12.2. The Labute approximate surface area is 113 Å². The molecule has 0 saturated carbocycles. The Morgan fingerprint density at radius 2 is 1.79 bits per heavy atom. The maximum atomic E-state index is 11.8. The molecule has 0 fully saturated rings. The monoisotopic (exact) mass is 266 g/mol. The summed E-state index contributed by atoms with van der Waals surface area (Å²) in [6, 6.07) is 0. The molecule has 1 heterocycles. The molecule has 2 N–H and O–H groups in total. The van der Waals surface area contributed by atoms with E-state index in [4.69, 9.17) is 5.73 Å². The second kappa shape index (κ2) is 4.79. The highest BCUT2D eigenvalue weighted by Gasteiger charge is 2.38. The minimum atomic E-state index is -0.669. The lowest BCUT2D eigenvalue weighted by Gasteiger charge is -2.35. The second-order valence-electron chi connectivity index (χ2n) is 6.65. The van der Waals surface area contributed by atoms with Crippen molar-refractivity contribution in [2.24, 2.45) is 16.6 Å². The number of carbonyl (C=O) groups is 3. The van der Waals surface area contributed by atoms with Crippen LogP contribution < -0.4 is 5.73 Å². The highest BCUT2D eigenvalue weighted by Crippen LogP contribution is 2.35. The average Bonchev–Trinajstić information content (AvgIpc) is 2.43. The molecular weight excluding hydrogens is 244 g/mol. The van der Waals surface area contributed by atoms with Gasteiger partial charge in [-0.25, -0.2) is 0 Å². The number of carbonyl (C=O) groups excluding carboxylic acids is 3. The maximum absolute atomic E-state index is 11.8. The van der Waals surface area contributed by atoms with Crippen LogP contribution in [-0.2, 0) is 14.4 Å². The van der Waals surface area contributed by atoms with Crippen LogP contribution in [-0.4, -0.2) is 29.2 Å². The molecule has 5 heteroatoms. The lowest BCUT2D eigenvalue weighted by atomic mass is 9.74. The van der Waals surface area contributed by atoms with Crippen molar-refractivity contribution in [3.63, 3.8) is 0 Å². The molecule has 1 rings (SSSR count). The first-order valence-corrected chi connectivity index (χ1v) is 6.30. The highest BCUT2D eigenvalue weighted by atomic mass is 16.2. The molecule has 0 spiro atoms. The molecule has 1 aliphatic rings. The number of primary amides is 1. The van der Waals surface area contributed by atoms with Crippen LogP contribution in [0, 0.1) is 10.8 Å². The number of rotatable bonds is 5. The molecule has 19 heavy (non-hydrogen) atoms. The van der Waals surface area contributed by atoms with Crippen molar-refractivity contribution in [3.8, 4) is 0 Å². The van der Waals surface area contributed by atoms with Gasteiger partial charge in [-0.3, -0.25) is 19.3 Å². The summed E-state index contributed by atoms with van der Waals surface area (Å²) in [6.45, 7) is 9.30. The topological polar surface area (TPSA) is 80.5 Å². The van der Waals surface area contributed by atoms with Gasteiger partial charge in [-0.15, -0.1) is 0 Å². The van der Waals surface area contributed by atoms with Crippen molar-refractivity contribution in [3.05, 3.63) is 11.6 Å². The van der Waals surface area contributed by atoms with Crippen LogP contribution in [0.5, 0.6) is 0 Å². The van der Waals surface area contributed by atoms with E-state index in [0.717, 1.165) is 0 Å². The molecule has 0 aromatic rings. The number of hydrogen-bond acceptors (Lipinski definition) is 3. The first-order valence-electron chi connectivity index (χ1n) is 6.30. The predicted octanol–water partition coefficient (Wildman–Crippen LogP) is 1.23. The van der Waals surface area contributed by atoms with Crippen LogP contribution >= 0.6 is 0 Å². The molecule has 0 unspecified atom stereocenters. The highest BCUT2D eigenvalue weighted by molar-refractivity contribution is 6.15. The summed E-state index contributed by atoms with van der Waals surface area (Å²) in [7, 11) is 0. The van der Waals surface area contributed by atoms with Gasteiger partial charge < -0.3 is 5.73 Å². The summed E-state index contributed by atoms with van der Waals surface area (Å²) in [4.78, 5) is 36.2. The van der Waals surface area contributed by atoms with Crippen molar-refractivity contribution in [1.29, 1.82) is 0 Å². The van der Waals surface area contributed by atoms with Gasteiger partial charge in [0.2, 0.25) is 5.91 Å². The van der Waals surface area contributed by atoms with E-state index in [-0.39, 0.29) is 29.7 Å². The Kier molecular flexibility index (Phi) is 3.89. The largest absolute Gasteiger partial charge is 0.369 e. The van der Waals surface area contributed by atoms with Crippen molar-refractivity contribution in [1.82, 2.24) is 4.90 Å². The fourth-order valence-corrected chi connectivity index (χ4v) is 2.55. The molecule has 106 valence electrons. The summed E-state index contributed by atoms with van der Waals surface area (Å²) in [5.74, 6) is -0.920. The summed E-state index contributed by atoms with van der Waals surface area (Å²) < 4.78 is 0. The molecule has 0 bridgehead atoms. The maximum Gasteiger partial charge on any atom is 0.256 e. The minimum Gasteiger partial charge on any atom is -0.369 e. The lowest BCUT2D eigenvalue weighted by molar-refractivity contribution is -0.139. The number of imide groups is 1. The third-order valence-corrected chi connectivity index (χ3v) is 3.36. The van der Waals surface area contributed by atoms with Crippen molar-refractivity contribution < 1.29 is 14.4 Å². The first kappa shape index (κ1) is 15.4. The molecule has 1 aliphatic heterocycles. The molecule has 0 aliphatic carbocycles. The van der Waals surface area contributed by atoms with Gasteiger partial charge in [0.1, 0.15) is 0 Å². The quantitative estimate of drug-likeness (QED) is 0.760. The van der Waals surface area contributed by atoms with Crippen LogP contribution in [0.3, 0.4) is 0 Å². The molecule has 5 nitrogen and oxygen atoms in total. The normalized spacial score (nSPS) is 16.9. The van der Waals surface area contributed by atoms with Gasteiger partial charge in [0.25, 0.3) is 11.8 Å². The van der Waals surface area contributed by atoms with E-state index in [0.29, 0.717) is 12.0 Å². The second-order valence-corrected chi connectivity index (χ2v) is 6.65. The van der Waals surface area contributed by atoms with Gasteiger partial charge in [0, 0.05) is 23.6 Å². The summed E-state index contributed by atoms with van der Waals surface area (Å²) in [6.07, 6.45) is 1.85. The van der Waals surface area contributed by atoms with E-state index in [1.807, 2.05) is 13.8 Å². The van der Waals surface area contributed by atoms with Crippen LogP contribution in [0.1, 0.15) is 41.0 Å². The molecule has 3 amide bonds. The van der Waals surface area contributed by atoms with E-state index in [1.165, 1.54) is 11.0 Å². The van der Waals surface area contributed by atoms with Crippen LogP contribution in [0.25, 0.3) is 0 Å². The van der Waals surface area contributed by atoms with E-state index in [9.17, 15) is 14.4 Å². The molecule has 0 aromatic heterocycles. The summed E-state index contributed by atoms with van der Waals surface area (Å²) in [5, 5.41) is 0. The standard InChI is InChI=1S/C14H22N2O3/c1-9-6-10(17)16(11(9)18)8-13(2,3)7-14(4,5)12(15)19/h6H,7-8H2,1-5H3,(H2,15,19). The lowest BCUT2D eigenvalue weighted by Crippen LogP contribution is -2.43. The molecule has 0 saturated heterocycles. The van der Waals surface area contributed by atoms with Crippen LogP contribution in [0.2, 0.25) is 0 Å². The number of nitrogens with zero attached hydrogens (tertiary/aromatic N) is 1. The van der Waals surface area contributed by atoms with Crippen molar-refractivity contribution in [2.45, 2.75) is 41.0 Å². The average molecular weight is 266 g/mol. The fraction of sp³-hybridized carbons (Fsp3) is 0.643. The molecule has 0 radical (unpaired) electrons. The van der Waals surface area contributed by atoms with Gasteiger partial charge in [-0.1, -0.05) is 27.7 Å². The van der Waals surface area contributed by atoms with Crippen LogP contribution in [0.4, 0.5) is 0 Å². The van der Waals surface area contributed by atoms with Gasteiger partial charge in [0.15, 0.2) is 0 Å². The van der Waals surface area contributed by atoms with E-state index in [1.54, 1.807) is 20.8 Å². The Morgan fingerprint density at radius 3 is 2.16 bits per heavy atom. The van der Waals surface area contributed by atoms with Gasteiger partial charge in [0.05, 0.1) is 0 Å². The van der Waals surface area contributed by atoms with Gasteiger partial charge in [-0.2, -0.15) is 0 Å². The van der Waals surface area contributed by atoms with E-state index < -0.39 is 5.41 Å². The third kappa shape index (κ3) is 3.43. The Hall–Kier alpha value is -1.65.